The molecule has 0 radical (unpaired) electrons. The summed E-state index contributed by atoms with van der Waals surface area (Å²) in [6, 6.07) is 12.2. The maximum Gasteiger partial charge on any atom is 0.248 e. The number of piperidine rings is 1. The number of methoxy groups -OCH3 is 1. The first kappa shape index (κ1) is 21.1. The molecule has 0 atom stereocenters. The number of carbonyl (C=O) groups is 1. The van der Waals surface area contributed by atoms with Crippen LogP contribution in [-0.2, 0) is 14.8 Å². The molecule has 1 heterocycles. The van der Waals surface area contributed by atoms with E-state index in [0.29, 0.717) is 18.8 Å². The second kappa shape index (κ2) is 9.24. The molecule has 1 amide bonds. The van der Waals surface area contributed by atoms with E-state index >= 15 is 0 Å². The first-order valence-electron chi connectivity index (χ1n) is 9.65. The molecule has 0 bridgehead atoms. The topological polar surface area (TPSA) is 75.7 Å². The standard InChI is InChI=1S/C22H26N2O4S/c1-17-10-12-20(28-2)18(16-17)11-13-22(25)23-19-8-4-5-9-21(19)29(26,27)24-14-6-3-7-15-24/h4-5,8-13,16H,3,6-7,14-15H2,1-2H3,(H,23,25)/b13-11+. The van der Waals surface area contributed by atoms with Crippen molar-refractivity contribution in [1.82, 2.24) is 4.31 Å². The van der Waals surface area contributed by atoms with E-state index in [1.54, 1.807) is 31.4 Å². The van der Waals surface area contributed by atoms with Crippen molar-refractivity contribution < 1.29 is 17.9 Å². The number of anilines is 1. The molecular formula is C22H26N2O4S. The minimum Gasteiger partial charge on any atom is -0.496 e. The number of ether oxygens (including phenoxy) is 1. The van der Waals surface area contributed by atoms with Crippen LogP contribution in [0.4, 0.5) is 5.69 Å². The van der Waals surface area contributed by atoms with E-state index in [0.717, 1.165) is 30.4 Å². The zero-order valence-corrected chi connectivity index (χ0v) is 17.5. The first-order chi connectivity index (χ1) is 13.9. The molecule has 6 nitrogen and oxygen atoms in total. The van der Waals surface area contributed by atoms with Gasteiger partial charge < -0.3 is 10.1 Å². The van der Waals surface area contributed by atoms with Gasteiger partial charge in [0.1, 0.15) is 10.6 Å². The van der Waals surface area contributed by atoms with Gasteiger partial charge in [0.2, 0.25) is 15.9 Å². The Morgan fingerprint density at radius 1 is 1.10 bits per heavy atom. The molecule has 29 heavy (non-hydrogen) atoms. The van der Waals surface area contributed by atoms with Gasteiger partial charge in [-0.15, -0.1) is 0 Å². The number of hydrogen-bond acceptors (Lipinski definition) is 4. The summed E-state index contributed by atoms with van der Waals surface area (Å²) < 4.78 is 32.9. The van der Waals surface area contributed by atoms with E-state index in [4.69, 9.17) is 4.74 Å². The SMILES string of the molecule is COc1ccc(C)cc1/C=C/C(=O)Nc1ccccc1S(=O)(=O)N1CCCCC1. The second-order valence-corrected chi connectivity index (χ2v) is 8.94. The van der Waals surface area contributed by atoms with Gasteiger partial charge in [-0.1, -0.05) is 30.2 Å². The Morgan fingerprint density at radius 3 is 2.55 bits per heavy atom. The minimum atomic E-state index is -3.65. The van der Waals surface area contributed by atoms with Crippen LogP contribution in [0, 0.1) is 6.92 Å². The van der Waals surface area contributed by atoms with Crippen LogP contribution in [0.2, 0.25) is 0 Å². The summed E-state index contributed by atoms with van der Waals surface area (Å²) in [5, 5.41) is 2.71. The lowest BCUT2D eigenvalue weighted by atomic mass is 10.1. The summed E-state index contributed by atoms with van der Waals surface area (Å²) in [5.41, 5.74) is 2.10. The molecule has 0 aromatic heterocycles. The van der Waals surface area contributed by atoms with Crippen LogP contribution in [0.25, 0.3) is 6.08 Å². The van der Waals surface area contributed by atoms with Crippen LogP contribution in [0.5, 0.6) is 5.75 Å². The monoisotopic (exact) mass is 414 g/mol. The molecule has 0 saturated carbocycles. The Bertz CT molecular complexity index is 1010. The molecule has 1 aliphatic heterocycles. The Labute approximate surface area is 172 Å². The number of rotatable bonds is 6. The van der Waals surface area contributed by atoms with Gasteiger partial charge in [0.15, 0.2) is 0 Å². The predicted molar refractivity (Wildman–Crippen MR) is 114 cm³/mol. The number of amides is 1. The van der Waals surface area contributed by atoms with Crippen LogP contribution >= 0.6 is 0 Å². The number of carbonyl (C=O) groups excluding carboxylic acids is 1. The number of sulfonamides is 1. The van der Waals surface area contributed by atoms with Gasteiger partial charge in [-0.25, -0.2) is 8.42 Å². The highest BCUT2D eigenvalue weighted by Crippen LogP contribution is 2.27. The van der Waals surface area contributed by atoms with E-state index in [1.807, 2.05) is 25.1 Å². The minimum absolute atomic E-state index is 0.122. The van der Waals surface area contributed by atoms with Gasteiger partial charge in [0.05, 0.1) is 12.8 Å². The second-order valence-electron chi connectivity index (χ2n) is 7.03. The van der Waals surface area contributed by atoms with Crippen molar-refractivity contribution in [3.63, 3.8) is 0 Å². The van der Waals surface area contributed by atoms with Gasteiger partial charge >= 0.3 is 0 Å². The van der Waals surface area contributed by atoms with Crippen molar-refractivity contribution in [1.29, 1.82) is 0 Å². The van der Waals surface area contributed by atoms with E-state index in [2.05, 4.69) is 5.32 Å². The van der Waals surface area contributed by atoms with Crippen LogP contribution in [0.15, 0.2) is 53.4 Å². The Hall–Kier alpha value is -2.64. The van der Waals surface area contributed by atoms with Crippen molar-refractivity contribution in [2.75, 3.05) is 25.5 Å². The fourth-order valence-electron chi connectivity index (χ4n) is 3.36. The molecule has 1 aliphatic rings. The first-order valence-corrected chi connectivity index (χ1v) is 11.1. The number of hydrogen-bond donors (Lipinski definition) is 1. The number of aryl methyl sites for hydroxylation is 1. The summed E-state index contributed by atoms with van der Waals surface area (Å²) >= 11 is 0. The molecule has 0 unspecified atom stereocenters. The van der Waals surface area contributed by atoms with Crippen molar-refractivity contribution in [2.45, 2.75) is 31.1 Å². The Balaban J connectivity index is 1.81. The molecule has 2 aromatic carbocycles. The van der Waals surface area contributed by atoms with Gasteiger partial charge in [-0.05, 0) is 50.1 Å². The smallest absolute Gasteiger partial charge is 0.248 e. The highest BCUT2D eigenvalue weighted by atomic mass is 32.2. The lowest BCUT2D eigenvalue weighted by Crippen LogP contribution is -2.36. The van der Waals surface area contributed by atoms with E-state index in [-0.39, 0.29) is 10.6 Å². The molecule has 0 spiro atoms. The average molecular weight is 415 g/mol. The third-order valence-electron chi connectivity index (χ3n) is 4.88. The molecule has 7 heteroatoms. The van der Waals surface area contributed by atoms with E-state index in [9.17, 15) is 13.2 Å². The molecule has 2 aromatic rings. The summed E-state index contributed by atoms with van der Waals surface area (Å²) in [6.07, 6.45) is 5.78. The summed E-state index contributed by atoms with van der Waals surface area (Å²) in [6.45, 7) is 2.98. The fourth-order valence-corrected chi connectivity index (χ4v) is 5.03. The highest BCUT2D eigenvalue weighted by molar-refractivity contribution is 7.89. The molecule has 1 saturated heterocycles. The molecular weight excluding hydrogens is 388 g/mol. The molecule has 1 fully saturated rings. The summed E-state index contributed by atoms with van der Waals surface area (Å²) in [5.74, 6) is 0.252. The normalized spacial score (nSPS) is 15.4. The lowest BCUT2D eigenvalue weighted by molar-refractivity contribution is -0.111. The Morgan fingerprint density at radius 2 is 1.83 bits per heavy atom. The van der Waals surface area contributed by atoms with Gasteiger partial charge in [-0.3, -0.25) is 4.79 Å². The highest BCUT2D eigenvalue weighted by Gasteiger charge is 2.28. The van der Waals surface area contributed by atoms with Crippen LogP contribution < -0.4 is 10.1 Å². The number of nitrogens with one attached hydrogen (secondary N) is 1. The summed E-state index contributed by atoms with van der Waals surface area (Å²) in [4.78, 5) is 12.6. The Kier molecular flexibility index (Phi) is 6.71. The molecule has 154 valence electrons. The predicted octanol–water partition coefficient (Wildman–Crippen LogP) is 3.83. The maximum atomic E-state index is 13.0. The molecule has 0 aliphatic carbocycles. The zero-order valence-electron chi connectivity index (χ0n) is 16.7. The largest absolute Gasteiger partial charge is 0.496 e. The quantitative estimate of drug-likeness (QED) is 0.729. The van der Waals surface area contributed by atoms with Crippen LogP contribution in [0.3, 0.4) is 0 Å². The fraction of sp³-hybridized carbons (Fsp3) is 0.318. The third-order valence-corrected chi connectivity index (χ3v) is 6.83. The maximum absolute atomic E-state index is 13.0. The number of para-hydroxylation sites is 1. The van der Waals surface area contributed by atoms with Gasteiger partial charge in [0, 0.05) is 24.7 Å². The van der Waals surface area contributed by atoms with Crippen molar-refractivity contribution in [2.24, 2.45) is 0 Å². The number of nitrogens with zero attached hydrogens (tertiary/aromatic N) is 1. The lowest BCUT2D eigenvalue weighted by Gasteiger charge is -2.26. The molecule has 1 N–H and O–H groups in total. The van der Waals surface area contributed by atoms with Crippen LogP contribution in [0.1, 0.15) is 30.4 Å². The van der Waals surface area contributed by atoms with Gasteiger partial charge in [-0.2, -0.15) is 4.31 Å². The van der Waals surface area contributed by atoms with Crippen molar-refractivity contribution in [3.05, 3.63) is 59.7 Å². The molecule has 3 rings (SSSR count). The average Bonchev–Trinajstić information content (AvgIpc) is 2.73. The summed E-state index contributed by atoms with van der Waals surface area (Å²) in [7, 11) is -2.07. The van der Waals surface area contributed by atoms with Crippen LogP contribution in [-0.4, -0.2) is 38.8 Å². The third kappa shape index (κ3) is 5.05. The van der Waals surface area contributed by atoms with Crippen molar-refractivity contribution >= 4 is 27.7 Å². The van der Waals surface area contributed by atoms with E-state index in [1.165, 1.54) is 16.4 Å². The number of benzene rings is 2. The van der Waals surface area contributed by atoms with Crippen molar-refractivity contribution in [3.8, 4) is 5.75 Å². The van der Waals surface area contributed by atoms with E-state index < -0.39 is 15.9 Å². The van der Waals surface area contributed by atoms with Gasteiger partial charge in [0.25, 0.3) is 0 Å². The zero-order chi connectivity index (χ0) is 20.9.